The zero-order chi connectivity index (χ0) is 17.2. The maximum Gasteiger partial charge on any atom is 0.412 e. The molecule has 1 aromatic carbocycles. The molecule has 0 aromatic heterocycles. The molecule has 0 bridgehead atoms. The highest BCUT2D eigenvalue weighted by Gasteiger charge is 2.43. The third-order valence-corrected chi connectivity index (χ3v) is 3.62. The molecule has 1 fully saturated rings. The van der Waals surface area contributed by atoms with Crippen molar-refractivity contribution in [2.45, 2.75) is 18.6 Å². The lowest BCUT2D eigenvalue weighted by Crippen LogP contribution is -2.45. The van der Waals surface area contributed by atoms with E-state index in [0.29, 0.717) is 0 Å². The Morgan fingerprint density at radius 3 is 2.35 bits per heavy atom. The van der Waals surface area contributed by atoms with Gasteiger partial charge in [0.15, 0.2) is 6.04 Å². The molecule has 2 atom stereocenters. The van der Waals surface area contributed by atoms with Crippen LogP contribution in [0.2, 0.25) is 0 Å². The zero-order valence-corrected chi connectivity index (χ0v) is 11.8. The number of nitrogens with one attached hydrogen (secondary N) is 1. The average molecular weight is 334 g/mol. The zero-order valence-electron chi connectivity index (χ0n) is 11.8. The van der Waals surface area contributed by atoms with Crippen molar-refractivity contribution in [2.24, 2.45) is 5.92 Å². The number of aliphatic carboxylic acids is 1. The number of hydrogen-bond donors (Lipinski definition) is 2. The molecule has 0 radical (unpaired) electrons. The Balaban J connectivity index is 2.11. The molecule has 0 spiro atoms. The van der Waals surface area contributed by atoms with Crippen LogP contribution in [-0.4, -0.2) is 41.3 Å². The first-order valence-electron chi connectivity index (χ1n) is 6.79. The van der Waals surface area contributed by atoms with Crippen molar-refractivity contribution in [1.82, 2.24) is 10.2 Å². The van der Waals surface area contributed by atoms with E-state index in [2.05, 4.69) is 0 Å². The van der Waals surface area contributed by atoms with E-state index in [9.17, 15) is 27.2 Å². The fourth-order valence-electron chi connectivity index (χ4n) is 2.37. The van der Waals surface area contributed by atoms with Crippen molar-refractivity contribution < 1.29 is 32.3 Å². The first-order valence-corrected chi connectivity index (χ1v) is 6.79. The fourth-order valence-corrected chi connectivity index (χ4v) is 2.37. The van der Waals surface area contributed by atoms with Crippen LogP contribution in [0.3, 0.4) is 0 Å². The van der Waals surface area contributed by atoms with Gasteiger partial charge < -0.3 is 15.3 Å². The topological polar surface area (TPSA) is 69.6 Å². The summed E-state index contributed by atoms with van der Waals surface area (Å²) in [6, 6.07) is 0.336. The van der Waals surface area contributed by atoms with Gasteiger partial charge in [0.25, 0.3) is 0 Å². The van der Waals surface area contributed by atoms with Crippen molar-refractivity contribution in [3.63, 3.8) is 0 Å². The van der Waals surface area contributed by atoms with Gasteiger partial charge in [0, 0.05) is 13.1 Å². The normalized spacial score (nSPS) is 19.5. The monoisotopic (exact) mass is 334 g/mol. The highest BCUT2D eigenvalue weighted by atomic mass is 19.4. The van der Waals surface area contributed by atoms with Crippen molar-refractivity contribution in [3.05, 3.63) is 35.6 Å². The number of alkyl halides is 3. The molecule has 2 rings (SSSR count). The maximum absolute atomic E-state index is 13.1. The standard InChI is InChI=1S/C14H14F4N2O3/c15-10-3-1-8(2-4-10)11(14(16,17)18)19-13(23)20-6-5-9(7-20)12(21)22/h1-4,9,11H,5-7H2,(H,19,23)(H,21,22)/t9?,11-/m1/s1. The van der Waals surface area contributed by atoms with Crippen LogP contribution < -0.4 is 5.32 Å². The van der Waals surface area contributed by atoms with Crippen LogP contribution in [0.15, 0.2) is 24.3 Å². The highest BCUT2D eigenvalue weighted by molar-refractivity contribution is 5.77. The van der Waals surface area contributed by atoms with Gasteiger partial charge in [0.1, 0.15) is 5.82 Å². The Morgan fingerprint density at radius 2 is 1.87 bits per heavy atom. The second-order valence-corrected chi connectivity index (χ2v) is 5.25. The number of carbonyl (C=O) groups is 2. The quantitative estimate of drug-likeness (QED) is 0.835. The molecule has 1 aliphatic rings. The Bertz CT molecular complexity index is 589. The summed E-state index contributed by atoms with van der Waals surface area (Å²) in [5.74, 6) is -2.56. The van der Waals surface area contributed by atoms with E-state index in [1.807, 2.05) is 5.32 Å². The van der Waals surface area contributed by atoms with Crippen molar-refractivity contribution >= 4 is 12.0 Å². The maximum atomic E-state index is 13.1. The summed E-state index contributed by atoms with van der Waals surface area (Å²) in [5.41, 5.74) is -0.304. The Labute approximate surface area is 128 Å². The second-order valence-electron chi connectivity index (χ2n) is 5.25. The number of urea groups is 1. The molecule has 5 nitrogen and oxygen atoms in total. The van der Waals surface area contributed by atoms with Gasteiger partial charge in [-0.05, 0) is 24.1 Å². The van der Waals surface area contributed by atoms with Crippen molar-refractivity contribution in [1.29, 1.82) is 0 Å². The van der Waals surface area contributed by atoms with Crippen molar-refractivity contribution in [3.8, 4) is 0 Å². The van der Waals surface area contributed by atoms with E-state index in [0.717, 1.165) is 29.2 Å². The van der Waals surface area contributed by atoms with E-state index in [1.165, 1.54) is 0 Å². The molecular weight excluding hydrogens is 320 g/mol. The molecule has 1 saturated heterocycles. The summed E-state index contributed by atoms with van der Waals surface area (Å²) in [4.78, 5) is 23.8. The minimum absolute atomic E-state index is 0.0663. The summed E-state index contributed by atoms with van der Waals surface area (Å²) in [6.07, 6.45) is -4.57. The number of carboxylic acid groups (broad SMARTS) is 1. The predicted octanol–water partition coefficient (Wildman–Crippen LogP) is 2.55. The fraction of sp³-hybridized carbons (Fsp3) is 0.429. The van der Waals surface area contributed by atoms with Gasteiger partial charge in [-0.2, -0.15) is 13.2 Å². The molecule has 9 heteroatoms. The number of carbonyl (C=O) groups excluding carboxylic acids is 1. The number of amides is 2. The van der Waals surface area contributed by atoms with Gasteiger partial charge >= 0.3 is 18.2 Å². The summed E-state index contributed by atoms with van der Waals surface area (Å²) in [7, 11) is 0. The minimum Gasteiger partial charge on any atom is -0.481 e. The van der Waals surface area contributed by atoms with E-state index < -0.39 is 36.0 Å². The van der Waals surface area contributed by atoms with Gasteiger partial charge in [-0.3, -0.25) is 4.79 Å². The summed E-state index contributed by atoms with van der Waals surface area (Å²) >= 11 is 0. The summed E-state index contributed by atoms with van der Waals surface area (Å²) in [5, 5.41) is 10.7. The predicted molar refractivity (Wildman–Crippen MR) is 71.0 cm³/mol. The lowest BCUT2D eigenvalue weighted by Gasteiger charge is -2.25. The molecule has 2 amide bonds. The van der Waals surface area contributed by atoms with Crippen LogP contribution in [0.1, 0.15) is 18.0 Å². The molecule has 2 N–H and O–H groups in total. The molecule has 1 heterocycles. The minimum atomic E-state index is -4.76. The molecule has 1 aliphatic heterocycles. The lowest BCUT2D eigenvalue weighted by molar-refractivity contribution is -0.155. The summed E-state index contributed by atoms with van der Waals surface area (Å²) < 4.78 is 52.3. The van der Waals surface area contributed by atoms with Gasteiger partial charge in [-0.25, -0.2) is 9.18 Å². The first-order chi connectivity index (χ1) is 10.7. The molecular formula is C14H14F4N2O3. The highest BCUT2D eigenvalue weighted by Crippen LogP contribution is 2.33. The van der Waals surface area contributed by atoms with Crippen LogP contribution in [0.25, 0.3) is 0 Å². The molecule has 23 heavy (non-hydrogen) atoms. The van der Waals surface area contributed by atoms with Crippen LogP contribution in [0.4, 0.5) is 22.4 Å². The Hall–Kier alpha value is -2.32. The van der Waals surface area contributed by atoms with Crippen molar-refractivity contribution in [2.75, 3.05) is 13.1 Å². The Kier molecular flexibility index (Phi) is 4.76. The number of halogens is 4. The number of hydrogen-bond acceptors (Lipinski definition) is 2. The molecule has 0 aliphatic carbocycles. The largest absolute Gasteiger partial charge is 0.481 e. The van der Waals surface area contributed by atoms with Gasteiger partial charge in [-0.15, -0.1) is 0 Å². The third-order valence-electron chi connectivity index (χ3n) is 3.62. The number of likely N-dealkylation sites (tertiary alicyclic amines) is 1. The van der Waals surface area contributed by atoms with E-state index in [4.69, 9.17) is 5.11 Å². The Morgan fingerprint density at radius 1 is 1.26 bits per heavy atom. The summed E-state index contributed by atoms with van der Waals surface area (Å²) in [6.45, 7) is -0.0774. The number of rotatable bonds is 3. The first kappa shape index (κ1) is 17.0. The van der Waals surface area contributed by atoms with E-state index in [1.54, 1.807) is 0 Å². The van der Waals surface area contributed by atoms with Gasteiger partial charge in [0.05, 0.1) is 5.92 Å². The molecule has 126 valence electrons. The average Bonchev–Trinajstić information content (AvgIpc) is 2.94. The lowest BCUT2D eigenvalue weighted by atomic mass is 10.1. The SMILES string of the molecule is O=C(O)C1CCN(C(=O)N[C@H](c2ccc(F)cc2)C(F)(F)F)C1. The third kappa shape index (κ3) is 4.11. The molecule has 0 saturated carbocycles. The van der Waals surface area contributed by atoms with Crippen LogP contribution in [-0.2, 0) is 4.79 Å². The molecule has 1 unspecified atom stereocenters. The number of nitrogens with zero attached hydrogens (tertiary/aromatic N) is 1. The van der Waals surface area contributed by atoms with Crippen LogP contribution in [0.5, 0.6) is 0 Å². The van der Waals surface area contributed by atoms with E-state index >= 15 is 0 Å². The number of carboxylic acids is 1. The smallest absolute Gasteiger partial charge is 0.412 e. The van der Waals surface area contributed by atoms with Gasteiger partial charge in [0.2, 0.25) is 0 Å². The second kappa shape index (κ2) is 6.43. The van der Waals surface area contributed by atoms with Crippen LogP contribution >= 0.6 is 0 Å². The number of benzene rings is 1. The van der Waals surface area contributed by atoms with Crippen LogP contribution in [0, 0.1) is 11.7 Å². The van der Waals surface area contributed by atoms with E-state index in [-0.39, 0.29) is 25.1 Å². The van der Waals surface area contributed by atoms with Gasteiger partial charge in [-0.1, -0.05) is 12.1 Å². The molecule has 1 aromatic rings.